The van der Waals surface area contributed by atoms with Crippen molar-refractivity contribution in [2.75, 3.05) is 13.2 Å². The third-order valence-electron chi connectivity index (χ3n) is 8.95. The average molecular weight is 639 g/mol. The third-order valence-corrected chi connectivity index (χ3v) is 8.95. The van der Waals surface area contributed by atoms with Gasteiger partial charge >= 0.3 is 0 Å². The third kappa shape index (κ3) is 26.1. The van der Waals surface area contributed by atoms with Gasteiger partial charge in [0.15, 0.2) is 17.8 Å². The van der Waals surface area contributed by atoms with Crippen LogP contribution in [0, 0.1) is 0 Å². The predicted octanol–water partition coefficient (Wildman–Crippen LogP) is 14.3. The van der Waals surface area contributed by atoms with Crippen molar-refractivity contribution < 1.29 is 14.3 Å². The maximum absolute atomic E-state index is 11.7. The zero-order valence-electron chi connectivity index (χ0n) is 30.6. The van der Waals surface area contributed by atoms with Crippen LogP contribution in [0.2, 0.25) is 0 Å². The number of ether oxygens (including phenoxy) is 2. The summed E-state index contributed by atoms with van der Waals surface area (Å²) >= 11 is 0. The number of benzene rings is 1. The van der Waals surface area contributed by atoms with Gasteiger partial charge in [0.2, 0.25) is 0 Å². The normalized spacial score (nSPS) is 11.6. The van der Waals surface area contributed by atoms with E-state index in [4.69, 9.17) is 9.47 Å². The average Bonchev–Trinajstić information content (AvgIpc) is 3.07. The number of hydrogen-bond acceptors (Lipinski definition) is 3. The number of rotatable bonds is 35. The van der Waals surface area contributed by atoms with Crippen molar-refractivity contribution in [3.8, 4) is 11.5 Å². The van der Waals surface area contributed by atoms with Gasteiger partial charge in [-0.1, -0.05) is 160 Å². The van der Waals surface area contributed by atoms with Gasteiger partial charge in [-0.25, -0.2) is 0 Å². The minimum absolute atomic E-state index is 0.586. The number of para-hydroxylation sites is 1. The number of unbranched alkanes of at least 4 members (excludes halogenated alkanes) is 24. The molecule has 3 heteroatoms. The molecule has 1 aromatic rings. The molecular formula is C43H74O3. The first-order valence-corrected chi connectivity index (χ1v) is 20.0. The molecule has 0 aliphatic heterocycles. The summed E-state index contributed by atoms with van der Waals surface area (Å²) in [6.07, 6.45) is 46.7. The molecule has 0 fully saturated rings. The van der Waals surface area contributed by atoms with E-state index in [9.17, 15) is 4.79 Å². The van der Waals surface area contributed by atoms with Gasteiger partial charge in [-0.3, -0.25) is 4.79 Å². The van der Waals surface area contributed by atoms with E-state index in [-0.39, 0.29) is 0 Å². The van der Waals surface area contributed by atoms with Crippen LogP contribution in [0.1, 0.15) is 204 Å². The van der Waals surface area contributed by atoms with Crippen LogP contribution in [-0.4, -0.2) is 19.5 Å². The Balaban J connectivity index is 2.04. The Labute approximate surface area is 286 Å². The van der Waals surface area contributed by atoms with Crippen LogP contribution in [0.4, 0.5) is 0 Å². The molecule has 0 aliphatic carbocycles. The highest BCUT2D eigenvalue weighted by Crippen LogP contribution is 2.31. The van der Waals surface area contributed by atoms with Gasteiger partial charge in [0, 0.05) is 0 Å². The highest BCUT2D eigenvalue weighted by atomic mass is 16.5. The lowest BCUT2D eigenvalue weighted by Gasteiger charge is -2.14. The van der Waals surface area contributed by atoms with Crippen LogP contribution in [-0.2, 0) is 0 Å². The van der Waals surface area contributed by atoms with Crippen LogP contribution >= 0.6 is 0 Å². The molecule has 0 atom stereocenters. The lowest BCUT2D eigenvalue weighted by Crippen LogP contribution is -2.05. The van der Waals surface area contributed by atoms with E-state index < -0.39 is 0 Å². The van der Waals surface area contributed by atoms with Crippen molar-refractivity contribution >= 4 is 6.29 Å². The Hall–Kier alpha value is -2.03. The number of carbonyl (C=O) groups excluding carboxylic acids is 1. The summed E-state index contributed by atoms with van der Waals surface area (Å²) in [4.78, 5) is 11.7. The van der Waals surface area contributed by atoms with Crippen LogP contribution in [0.3, 0.4) is 0 Å². The summed E-state index contributed by atoms with van der Waals surface area (Å²) in [5.74, 6) is 1.33. The fourth-order valence-corrected chi connectivity index (χ4v) is 5.95. The topological polar surface area (TPSA) is 35.5 Å². The first kappa shape index (κ1) is 42.0. The van der Waals surface area contributed by atoms with E-state index in [0.717, 1.165) is 19.1 Å². The zero-order valence-corrected chi connectivity index (χ0v) is 30.6. The van der Waals surface area contributed by atoms with Crippen LogP contribution in [0.5, 0.6) is 11.5 Å². The van der Waals surface area contributed by atoms with Gasteiger partial charge in [0.25, 0.3) is 0 Å². The molecule has 0 N–H and O–H groups in total. The van der Waals surface area contributed by atoms with E-state index in [1.165, 1.54) is 167 Å². The van der Waals surface area contributed by atoms with Crippen molar-refractivity contribution in [3.05, 3.63) is 48.1 Å². The number of aldehydes is 1. The Morgan fingerprint density at radius 1 is 0.457 bits per heavy atom. The molecule has 0 heterocycles. The number of allylic oxidation sites excluding steroid dienone is 4. The molecule has 0 spiro atoms. The van der Waals surface area contributed by atoms with E-state index in [1.807, 2.05) is 18.2 Å². The number of carbonyl (C=O) groups is 1. The van der Waals surface area contributed by atoms with Gasteiger partial charge in [-0.15, -0.1) is 0 Å². The van der Waals surface area contributed by atoms with Crippen LogP contribution in [0.15, 0.2) is 42.5 Å². The highest BCUT2D eigenvalue weighted by Gasteiger charge is 2.11. The molecule has 264 valence electrons. The summed E-state index contributed by atoms with van der Waals surface area (Å²) in [6, 6.07) is 5.64. The zero-order chi connectivity index (χ0) is 33.0. The van der Waals surface area contributed by atoms with Crippen molar-refractivity contribution in [3.63, 3.8) is 0 Å². The van der Waals surface area contributed by atoms with Gasteiger partial charge < -0.3 is 9.47 Å². The first-order valence-electron chi connectivity index (χ1n) is 20.0. The summed E-state index contributed by atoms with van der Waals surface area (Å²) in [5, 5.41) is 0. The van der Waals surface area contributed by atoms with Crippen LogP contribution in [0.25, 0.3) is 0 Å². The van der Waals surface area contributed by atoms with Gasteiger partial charge in [0.05, 0.1) is 18.8 Å². The van der Waals surface area contributed by atoms with Gasteiger partial charge in [-0.2, -0.15) is 0 Å². The SMILES string of the molecule is CCCCCCCCC=CCCCCCCCCOc1cccc(C=O)c1OCCCCCCCCC=CCCCCCCCC. The molecule has 0 saturated heterocycles. The summed E-state index contributed by atoms with van der Waals surface area (Å²) < 4.78 is 12.2. The Kier molecular flexibility index (Phi) is 31.3. The Morgan fingerprint density at radius 3 is 1.24 bits per heavy atom. The molecule has 0 bridgehead atoms. The fourth-order valence-electron chi connectivity index (χ4n) is 5.95. The first-order chi connectivity index (χ1) is 22.8. The fraction of sp³-hybridized carbons (Fsp3) is 0.744. The Bertz CT molecular complexity index is 842. The minimum Gasteiger partial charge on any atom is -0.490 e. The highest BCUT2D eigenvalue weighted by molar-refractivity contribution is 5.81. The smallest absolute Gasteiger partial charge is 0.171 e. The Morgan fingerprint density at radius 2 is 0.826 bits per heavy atom. The molecule has 0 aliphatic rings. The molecular weight excluding hydrogens is 564 g/mol. The minimum atomic E-state index is 0.586. The van der Waals surface area contributed by atoms with Gasteiger partial charge in [0.1, 0.15) is 0 Å². The lowest BCUT2D eigenvalue weighted by atomic mass is 10.1. The molecule has 1 rings (SSSR count). The van der Waals surface area contributed by atoms with Crippen molar-refractivity contribution in [2.45, 2.75) is 194 Å². The van der Waals surface area contributed by atoms with Crippen LogP contribution < -0.4 is 9.47 Å². The quantitative estimate of drug-likeness (QED) is 0.0421. The lowest BCUT2D eigenvalue weighted by molar-refractivity contribution is 0.111. The monoisotopic (exact) mass is 639 g/mol. The van der Waals surface area contributed by atoms with E-state index in [0.29, 0.717) is 30.3 Å². The number of hydrogen-bond donors (Lipinski definition) is 0. The molecule has 0 radical (unpaired) electrons. The van der Waals surface area contributed by atoms with Crippen molar-refractivity contribution in [1.82, 2.24) is 0 Å². The second-order valence-corrected chi connectivity index (χ2v) is 13.4. The molecule has 0 aromatic heterocycles. The second kappa shape index (κ2) is 34.3. The maximum atomic E-state index is 11.7. The van der Waals surface area contributed by atoms with Gasteiger partial charge in [-0.05, 0) is 76.3 Å². The molecule has 0 unspecified atom stereocenters. The molecule has 1 aromatic carbocycles. The summed E-state index contributed by atoms with van der Waals surface area (Å²) in [5.41, 5.74) is 0.586. The van der Waals surface area contributed by atoms with E-state index >= 15 is 0 Å². The van der Waals surface area contributed by atoms with E-state index in [1.54, 1.807) is 0 Å². The van der Waals surface area contributed by atoms with Crippen molar-refractivity contribution in [1.29, 1.82) is 0 Å². The second-order valence-electron chi connectivity index (χ2n) is 13.4. The van der Waals surface area contributed by atoms with E-state index in [2.05, 4.69) is 38.2 Å². The summed E-state index contributed by atoms with van der Waals surface area (Å²) in [7, 11) is 0. The molecule has 46 heavy (non-hydrogen) atoms. The summed E-state index contributed by atoms with van der Waals surface area (Å²) in [6.45, 7) is 5.87. The molecule has 0 saturated carbocycles. The molecule has 0 amide bonds. The maximum Gasteiger partial charge on any atom is 0.171 e. The molecule has 3 nitrogen and oxygen atoms in total. The largest absolute Gasteiger partial charge is 0.490 e. The standard InChI is InChI=1S/C43H74O3/c1-3-5-7-9-11-13-15-17-19-21-23-25-27-29-31-33-38-45-42-37-35-36-41(40-44)43(42)46-39-34-32-30-28-26-24-22-20-18-16-14-12-10-8-6-4-2/h17-20,35-37,40H,3-16,21-34,38-39H2,1-2H3. The van der Waals surface area contributed by atoms with Crippen molar-refractivity contribution in [2.24, 2.45) is 0 Å². The predicted molar refractivity (Wildman–Crippen MR) is 202 cm³/mol.